The van der Waals surface area contributed by atoms with Crippen molar-refractivity contribution in [1.29, 1.82) is 0 Å². The molecule has 1 atom stereocenters. The molecular formula is C21H23BrN2O. The Morgan fingerprint density at radius 3 is 2.52 bits per heavy atom. The molecule has 1 N–H and O–H groups in total. The molecule has 1 unspecified atom stereocenters. The minimum atomic E-state index is 0.0905. The second kappa shape index (κ2) is 6.93. The summed E-state index contributed by atoms with van der Waals surface area (Å²) in [6, 6.07) is 15.3. The lowest BCUT2D eigenvalue weighted by Crippen LogP contribution is -2.46. The first kappa shape index (κ1) is 16.8. The van der Waals surface area contributed by atoms with Crippen LogP contribution < -0.4 is 5.32 Å². The summed E-state index contributed by atoms with van der Waals surface area (Å²) in [5.74, 6) is 0.289. The molecule has 1 heterocycles. The van der Waals surface area contributed by atoms with E-state index in [-0.39, 0.29) is 11.8 Å². The lowest BCUT2D eigenvalue weighted by Gasteiger charge is -2.34. The van der Waals surface area contributed by atoms with Crippen molar-refractivity contribution in [2.24, 2.45) is 5.92 Å². The molecule has 1 amide bonds. The topological polar surface area (TPSA) is 32.3 Å². The van der Waals surface area contributed by atoms with E-state index in [2.05, 4.69) is 75.7 Å². The summed E-state index contributed by atoms with van der Waals surface area (Å²) in [5.41, 5.74) is 5.44. The van der Waals surface area contributed by atoms with Gasteiger partial charge < -0.3 is 5.32 Å². The highest BCUT2D eigenvalue weighted by molar-refractivity contribution is 9.10. The number of amides is 1. The molecule has 25 heavy (non-hydrogen) atoms. The molecule has 2 aromatic carbocycles. The summed E-state index contributed by atoms with van der Waals surface area (Å²) in [5, 5.41) is 3.21. The largest absolute Gasteiger partial charge is 0.354 e. The predicted molar refractivity (Wildman–Crippen MR) is 103 cm³/mol. The van der Waals surface area contributed by atoms with Crippen molar-refractivity contribution < 1.29 is 4.79 Å². The van der Waals surface area contributed by atoms with Crippen molar-refractivity contribution in [1.82, 2.24) is 10.2 Å². The highest BCUT2D eigenvalue weighted by atomic mass is 79.9. The molecule has 0 saturated heterocycles. The summed E-state index contributed by atoms with van der Waals surface area (Å²) in [6.45, 7) is 1.66. The van der Waals surface area contributed by atoms with Gasteiger partial charge in [-0.05, 0) is 60.7 Å². The molecule has 0 fully saturated rings. The summed E-state index contributed by atoms with van der Waals surface area (Å²) >= 11 is 3.56. The van der Waals surface area contributed by atoms with Crippen LogP contribution in [0.1, 0.15) is 22.3 Å². The predicted octanol–water partition coefficient (Wildman–Crippen LogP) is 3.34. The van der Waals surface area contributed by atoms with E-state index < -0.39 is 0 Å². The lowest BCUT2D eigenvalue weighted by atomic mass is 9.94. The van der Waals surface area contributed by atoms with Gasteiger partial charge in [-0.1, -0.05) is 46.3 Å². The van der Waals surface area contributed by atoms with E-state index in [0.29, 0.717) is 12.6 Å². The number of hydrogen-bond acceptors (Lipinski definition) is 2. The van der Waals surface area contributed by atoms with Crippen molar-refractivity contribution in [2.45, 2.75) is 31.8 Å². The first-order valence-corrected chi connectivity index (χ1v) is 9.71. The number of nitrogens with zero attached hydrogens (tertiary/aromatic N) is 1. The molecule has 0 saturated carbocycles. The van der Waals surface area contributed by atoms with Crippen LogP contribution in [-0.4, -0.2) is 30.4 Å². The van der Waals surface area contributed by atoms with Gasteiger partial charge in [0.05, 0.1) is 0 Å². The molecule has 4 heteroatoms. The quantitative estimate of drug-likeness (QED) is 0.859. The zero-order valence-corrected chi connectivity index (χ0v) is 16.1. The average molecular weight is 399 g/mol. The van der Waals surface area contributed by atoms with Gasteiger partial charge in [0, 0.05) is 29.5 Å². The minimum absolute atomic E-state index is 0.0905. The molecule has 0 spiro atoms. The van der Waals surface area contributed by atoms with Crippen molar-refractivity contribution in [2.75, 3.05) is 13.6 Å². The third-order valence-electron chi connectivity index (χ3n) is 5.60. The zero-order valence-electron chi connectivity index (χ0n) is 14.5. The average Bonchev–Trinajstić information content (AvgIpc) is 3.04. The molecule has 0 radical (unpaired) electrons. The Bertz CT molecular complexity index is 779. The number of fused-ring (bicyclic) bond motifs is 2. The van der Waals surface area contributed by atoms with Crippen molar-refractivity contribution >= 4 is 21.8 Å². The van der Waals surface area contributed by atoms with E-state index in [0.717, 1.165) is 30.3 Å². The third kappa shape index (κ3) is 3.51. The normalized spacial score (nSPS) is 20.2. The summed E-state index contributed by atoms with van der Waals surface area (Å²) in [6.07, 6.45) is 2.73. The van der Waals surface area contributed by atoms with Gasteiger partial charge in [0.25, 0.3) is 0 Å². The van der Waals surface area contributed by atoms with E-state index in [4.69, 9.17) is 0 Å². The minimum Gasteiger partial charge on any atom is -0.354 e. The molecule has 130 valence electrons. The van der Waals surface area contributed by atoms with Crippen LogP contribution in [0.5, 0.6) is 0 Å². The molecule has 3 nitrogen and oxygen atoms in total. The second-order valence-corrected chi connectivity index (χ2v) is 8.22. The molecule has 4 rings (SSSR count). The Hall–Kier alpha value is -1.65. The highest BCUT2D eigenvalue weighted by Crippen LogP contribution is 2.27. The van der Waals surface area contributed by atoms with E-state index >= 15 is 0 Å². The third-order valence-corrected chi connectivity index (χ3v) is 6.09. The molecule has 2 aromatic rings. The maximum Gasteiger partial charge on any atom is 0.223 e. The molecule has 2 aliphatic rings. The second-order valence-electron chi connectivity index (χ2n) is 7.31. The molecular weight excluding hydrogens is 376 g/mol. The standard InChI is InChI=1S/C21H23BrN2O/c1-24-13-16-6-7-19(22)10-17(16)11-20(24)12-23-21(25)18-8-14-4-2-3-5-15(14)9-18/h2-7,10,18,20H,8-9,11-13H2,1H3,(H,23,25). The van der Waals surface area contributed by atoms with Crippen LogP contribution in [0.3, 0.4) is 0 Å². The molecule has 1 aliphatic carbocycles. The lowest BCUT2D eigenvalue weighted by molar-refractivity contribution is -0.125. The highest BCUT2D eigenvalue weighted by Gasteiger charge is 2.29. The first-order chi connectivity index (χ1) is 12.1. The number of likely N-dealkylation sites (N-methyl/N-ethyl adjacent to an activating group) is 1. The van der Waals surface area contributed by atoms with E-state index in [1.54, 1.807) is 0 Å². The van der Waals surface area contributed by atoms with E-state index in [9.17, 15) is 4.79 Å². The monoisotopic (exact) mass is 398 g/mol. The van der Waals surface area contributed by atoms with Crippen LogP contribution in [0.2, 0.25) is 0 Å². The van der Waals surface area contributed by atoms with Gasteiger partial charge in [0.2, 0.25) is 5.91 Å². The van der Waals surface area contributed by atoms with Crippen LogP contribution in [0, 0.1) is 5.92 Å². The van der Waals surface area contributed by atoms with Gasteiger partial charge in [-0.3, -0.25) is 9.69 Å². The fourth-order valence-corrected chi connectivity index (χ4v) is 4.49. The van der Waals surface area contributed by atoms with E-state index in [1.807, 2.05) is 0 Å². The van der Waals surface area contributed by atoms with Gasteiger partial charge in [0.1, 0.15) is 0 Å². The fourth-order valence-electron chi connectivity index (χ4n) is 4.08. The molecule has 1 aliphatic heterocycles. The van der Waals surface area contributed by atoms with Gasteiger partial charge in [-0.15, -0.1) is 0 Å². The Morgan fingerprint density at radius 1 is 1.08 bits per heavy atom. The van der Waals surface area contributed by atoms with Crippen molar-refractivity contribution in [3.05, 3.63) is 69.2 Å². The smallest absolute Gasteiger partial charge is 0.223 e. The maximum atomic E-state index is 12.6. The van der Waals surface area contributed by atoms with Crippen LogP contribution in [0.4, 0.5) is 0 Å². The number of hydrogen-bond donors (Lipinski definition) is 1. The van der Waals surface area contributed by atoms with Crippen LogP contribution in [0.15, 0.2) is 46.9 Å². The number of halogens is 1. The van der Waals surface area contributed by atoms with Crippen LogP contribution >= 0.6 is 15.9 Å². The van der Waals surface area contributed by atoms with Crippen molar-refractivity contribution in [3.63, 3.8) is 0 Å². The van der Waals surface area contributed by atoms with Gasteiger partial charge >= 0.3 is 0 Å². The van der Waals surface area contributed by atoms with E-state index in [1.165, 1.54) is 22.3 Å². The summed E-state index contributed by atoms with van der Waals surface area (Å²) in [4.78, 5) is 15.0. The number of carbonyl (C=O) groups excluding carboxylic acids is 1. The van der Waals surface area contributed by atoms with Gasteiger partial charge in [0.15, 0.2) is 0 Å². The summed E-state index contributed by atoms with van der Waals surface area (Å²) < 4.78 is 1.13. The summed E-state index contributed by atoms with van der Waals surface area (Å²) in [7, 11) is 2.15. The Labute approximate surface area is 157 Å². The van der Waals surface area contributed by atoms with Crippen molar-refractivity contribution in [3.8, 4) is 0 Å². The Kier molecular flexibility index (Phi) is 4.65. The van der Waals surface area contributed by atoms with Crippen LogP contribution in [-0.2, 0) is 30.6 Å². The fraction of sp³-hybridized carbons (Fsp3) is 0.381. The van der Waals surface area contributed by atoms with Gasteiger partial charge in [-0.2, -0.15) is 0 Å². The number of benzene rings is 2. The van der Waals surface area contributed by atoms with Gasteiger partial charge in [-0.25, -0.2) is 0 Å². The molecule has 0 bridgehead atoms. The SMILES string of the molecule is CN1Cc2ccc(Br)cc2CC1CNC(=O)C1Cc2ccccc2C1. The first-order valence-electron chi connectivity index (χ1n) is 8.92. The molecule has 0 aromatic heterocycles. The Balaban J connectivity index is 1.36. The number of nitrogens with one attached hydrogen (secondary N) is 1. The number of rotatable bonds is 3. The zero-order chi connectivity index (χ0) is 17.4. The van der Waals surface area contributed by atoms with Crippen LogP contribution in [0.25, 0.3) is 0 Å². The Morgan fingerprint density at radius 2 is 1.80 bits per heavy atom. The maximum absolute atomic E-state index is 12.6. The number of carbonyl (C=O) groups is 1.